The van der Waals surface area contributed by atoms with Gasteiger partial charge in [0.1, 0.15) is 0 Å². The van der Waals surface area contributed by atoms with E-state index in [1.165, 1.54) is 0 Å². The molecular formula is C7H12Cl2N2O. The smallest absolute Gasteiger partial charge is 0.253 e. The van der Waals surface area contributed by atoms with Crippen LogP contribution in [-0.2, 0) is 4.79 Å². The van der Waals surface area contributed by atoms with Crippen LogP contribution in [0.15, 0.2) is 0 Å². The molecule has 1 rings (SSSR count). The van der Waals surface area contributed by atoms with Crippen molar-refractivity contribution in [1.29, 1.82) is 0 Å². The summed E-state index contributed by atoms with van der Waals surface area (Å²) >= 11 is 10.8. The van der Waals surface area contributed by atoms with Gasteiger partial charge in [-0.1, -0.05) is 23.2 Å². The van der Waals surface area contributed by atoms with E-state index in [-0.39, 0.29) is 11.9 Å². The Bertz CT molecular complexity index is 157. The molecule has 0 saturated carbocycles. The maximum Gasteiger partial charge on any atom is 0.253 e. The minimum absolute atomic E-state index is 0.235. The van der Waals surface area contributed by atoms with Gasteiger partial charge in [0.2, 0.25) is 0 Å². The molecule has 70 valence electrons. The highest BCUT2D eigenvalue weighted by atomic mass is 35.5. The Hall–Kier alpha value is 0.01000. The van der Waals surface area contributed by atoms with Crippen molar-refractivity contribution in [2.45, 2.75) is 23.7 Å². The molecule has 0 aromatic heterocycles. The van der Waals surface area contributed by atoms with Crippen LogP contribution >= 0.6 is 23.2 Å². The molecule has 0 aromatic rings. The summed E-state index contributed by atoms with van der Waals surface area (Å²) in [6.07, 6.45) is 1.90. The van der Waals surface area contributed by atoms with E-state index in [2.05, 4.69) is 10.6 Å². The normalized spacial score (nSPS) is 19.6. The summed E-state index contributed by atoms with van der Waals surface area (Å²) in [5.74, 6) is -0.287. The minimum atomic E-state index is -0.945. The summed E-state index contributed by atoms with van der Waals surface area (Å²) in [5, 5.41) is 5.98. The van der Waals surface area contributed by atoms with Crippen LogP contribution in [0.4, 0.5) is 0 Å². The standard InChI is InChI=1S/C7H12Cl2N2O/c8-6(9)7(12)11-5-1-3-10-4-2-5/h5-6,10H,1-4H2,(H,11,12). The van der Waals surface area contributed by atoms with Crippen molar-refractivity contribution in [3.8, 4) is 0 Å². The third-order valence-electron chi connectivity index (χ3n) is 1.88. The summed E-state index contributed by atoms with van der Waals surface area (Å²) in [7, 11) is 0. The molecule has 0 aromatic carbocycles. The van der Waals surface area contributed by atoms with Gasteiger partial charge in [0.05, 0.1) is 0 Å². The van der Waals surface area contributed by atoms with E-state index in [1.807, 2.05) is 0 Å². The van der Waals surface area contributed by atoms with Crippen molar-refractivity contribution in [2.24, 2.45) is 0 Å². The van der Waals surface area contributed by atoms with Gasteiger partial charge in [-0.15, -0.1) is 0 Å². The van der Waals surface area contributed by atoms with Crippen LogP contribution in [0.25, 0.3) is 0 Å². The summed E-state index contributed by atoms with van der Waals surface area (Å²) in [6.45, 7) is 1.89. The fourth-order valence-corrected chi connectivity index (χ4v) is 1.36. The predicted molar refractivity (Wildman–Crippen MR) is 49.5 cm³/mol. The van der Waals surface area contributed by atoms with Gasteiger partial charge in [0.15, 0.2) is 4.84 Å². The van der Waals surface area contributed by atoms with Gasteiger partial charge in [0.25, 0.3) is 5.91 Å². The van der Waals surface area contributed by atoms with Gasteiger partial charge >= 0.3 is 0 Å². The van der Waals surface area contributed by atoms with Gasteiger partial charge in [-0.3, -0.25) is 4.79 Å². The Morgan fingerprint density at radius 1 is 1.42 bits per heavy atom. The molecule has 0 bridgehead atoms. The molecule has 0 radical (unpaired) electrons. The molecule has 0 atom stereocenters. The fraction of sp³-hybridized carbons (Fsp3) is 0.857. The molecule has 3 nitrogen and oxygen atoms in total. The fourth-order valence-electron chi connectivity index (χ4n) is 1.23. The van der Waals surface area contributed by atoms with E-state index < -0.39 is 4.84 Å². The Balaban J connectivity index is 2.24. The predicted octanol–water partition coefficient (Wildman–Crippen LogP) is 0.658. The quantitative estimate of drug-likeness (QED) is 0.658. The van der Waals surface area contributed by atoms with E-state index in [9.17, 15) is 4.79 Å². The van der Waals surface area contributed by atoms with Crippen molar-refractivity contribution in [2.75, 3.05) is 13.1 Å². The first-order chi connectivity index (χ1) is 5.70. The third kappa shape index (κ3) is 3.17. The SMILES string of the molecule is O=C(NC1CCNCC1)C(Cl)Cl. The van der Waals surface area contributed by atoms with Gasteiger partial charge < -0.3 is 10.6 Å². The van der Waals surface area contributed by atoms with Crippen LogP contribution in [0.5, 0.6) is 0 Å². The lowest BCUT2D eigenvalue weighted by Crippen LogP contribution is -2.44. The molecule has 1 heterocycles. The van der Waals surface area contributed by atoms with Crippen molar-refractivity contribution in [3.63, 3.8) is 0 Å². The van der Waals surface area contributed by atoms with E-state index in [4.69, 9.17) is 23.2 Å². The number of hydrogen-bond acceptors (Lipinski definition) is 2. The molecule has 1 aliphatic rings. The third-order valence-corrected chi connectivity index (χ3v) is 2.28. The van der Waals surface area contributed by atoms with Crippen LogP contribution in [0, 0.1) is 0 Å². The number of halogens is 2. The number of nitrogens with one attached hydrogen (secondary N) is 2. The Kier molecular flexibility index (Phi) is 4.12. The number of carbonyl (C=O) groups is 1. The number of carbonyl (C=O) groups excluding carboxylic acids is 1. The van der Waals surface area contributed by atoms with Crippen LogP contribution in [0.3, 0.4) is 0 Å². The highest BCUT2D eigenvalue weighted by Gasteiger charge is 2.18. The molecular weight excluding hydrogens is 199 g/mol. The van der Waals surface area contributed by atoms with Gasteiger partial charge in [-0.05, 0) is 25.9 Å². The van der Waals surface area contributed by atoms with E-state index >= 15 is 0 Å². The zero-order valence-electron chi connectivity index (χ0n) is 6.65. The lowest BCUT2D eigenvalue weighted by atomic mass is 10.1. The lowest BCUT2D eigenvalue weighted by Gasteiger charge is -2.23. The number of piperidine rings is 1. The summed E-state index contributed by atoms with van der Waals surface area (Å²) < 4.78 is 0. The molecule has 1 saturated heterocycles. The molecule has 5 heteroatoms. The minimum Gasteiger partial charge on any atom is -0.351 e. The van der Waals surface area contributed by atoms with Gasteiger partial charge in [-0.25, -0.2) is 0 Å². The molecule has 0 spiro atoms. The van der Waals surface area contributed by atoms with Crippen LogP contribution in [0.1, 0.15) is 12.8 Å². The molecule has 0 unspecified atom stereocenters. The molecule has 0 aliphatic carbocycles. The van der Waals surface area contributed by atoms with Crippen molar-refractivity contribution in [3.05, 3.63) is 0 Å². The van der Waals surface area contributed by atoms with E-state index in [0.717, 1.165) is 25.9 Å². The number of amides is 1. The summed E-state index contributed by atoms with van der Waals surface area (Å²) in [4.78, 5) is 10.1. The van der Waals surface area contributed by atoms with Crippen LogP contribution < -0.4 is 10.6 Å². The maximum absolute atomic E-state index is 11.0. The topological polar surface area (TPSA) is 41.1 Å². The second-order valence-electron chi connectivity index (χ2n) is 2.83. The monoisotopic (exact) mass is 210 g/mol. The average molecular weight is 211 g/mol. The van der Waals surface area contributed by atoms with Gasteiger partial charge in [0, 0.05) is 6.04 Å². The van der Waals surface area contributed by atoms with Crippen molar-refractivity contribution >= 4 is 29.1 Å². The second kappa shape index (κ2) is 4.90. The van der Waals surface area contributed by atoms with E-state index in [0.29, 0.717) is 0 Å². The first-order valence-corrected chi connectivity index (χ1v) is 4.86. The Morgan fingerprint density at radius 2 is 2.00 bits per heavy atom. The summed E-state index contributed by atoms with van der Waals surface area (Å²) in [6, 6.07) is 0.235. The van der Waals surface area contributed by atoms with Crippen LogP contribution in [-0.4, -0.2) is 29.9 Å². The summed E-state index contributed by atoms with van der Waals surface area (Å²) in [5.41, 5.74) is 0. The molecule has 1 aliphatic heterocycles. The Labute approximate surface area is 81.8 Å². The van der Waals surface area contributed by atoms with Crippen LogP contribution in [0.2, 0.25) is 0 Å². The second-order valence-corrected chi connectivity index (χ2v) is 3.93. The highest BCUT2D eigenvalue weighted by Crippen LogP contribution is 2.06. The average Bonchev–Trinajstić information content (AvgIpc) is 2.06. The molecule has 1 amide bonds. The zero-order chi connectivity index (χ0) is 8.97. The van der Waals surface area contributed by atoms with Crippen molar-refractivity contribution < 1.29 is 4.79 Å². The lowest BCUT2D eigenvalue weighted by molar-refractivity contribution is -0.120. The molecule has 12 heavy (non-hydrogen) atoms. The number of alkyl halides is 2. The highest BCUT2D eigenvalue weighted by molar-refractivity contribution is 6.53. The first-order valence-electron chi connectivity index (χ1n) is 3.99. The number of hydrogen-bond donors (Lipinski definition) is 2. The first kappa shape index (κ1) is 10.1. The Morgan fingerprint density at radius 3 is 2.50 bits per heavy atom. The van der Waals surface area contributed by atoms with Gasteiger partial charge in [-0.2, -0.15) is 0 Å². The largest absolute Gasteiger partial charge is 0.351 e. The molecule has 1 fully saturated rings. The maximum atomic E-state index is 11.0. The number of rotatable bonds is 2. The molecule has 2 N–H and O–H groups in total. The zero-order valence-corrected chi connectivity index (χ0v) is 8.16. The van der Waals surface area contributed by atoms with Crippen molar-refractivity contribution in [1.82, 2.24) is 10.6 Å². The van der Waals surface area contributed by atoms with E-state index in [1.54, 1.807) is 0 Å².